The molecule has 2 aromatic rings. The van der Waals surface area contributed by atoms with Crippen LogP contribution in [0.2, 0.25) is 0 Å². The maximum absolute atomic E-state index is 9.55. The van der Waals surface area contributed by atoms with E-state index in [1.54, 1.807) is 12.1 Å². The van der Waals surface area contributed by atoms with Gasteiger partial charge in [0.25, 0.3) is 0 Å². The number of aromatic amines is 1. The maximum Gasteiger partial charge on any atom is 0.172 e. The second-order valence-corrected chi connectivity index (χ2v) is 3.82. The molecule has 0 aliphatic carbocycles. The van der Waals surface area contributed by atoms with Crippen LogP contribution in [0.3, 0.4) is 0 Å². The molecule has 0 saturated heterocycles. The Hall–Kier alpha value is -1.16. The van der Waals surface area contributed by atoms with Crippen molar-refractivity contribution in [3.63, 3.8) is 0 Å². The number of aryl methyl sites for hydroxylation is 1. The molecule has 0 fully saturated rings. The second-order valence-electron chi connectivity index (χ2n) is 2.97. The number of phenols is 2. The van der Waals surface area contributed by atoms with Gasteiger partial charge in [0, 0.05) is 11.1 Å². The minimum absolute atomic E-state index is 0.0891. The number of halogens is 1. The number of nitrogens with one attached hydrogen (secondary N) is 1. The number of hydrogen-bond acceptors (Lipinski definition) is 2. The van der Waals surface area contributed by atoms with E-state index in [0.29, 0.717) is 9.86 Å². The minimum Gasteiger partial charge on any atom is -0.504 e. The van der Waals surface area contributed by atoms with Crippen molar-refractivity contribution in [2.24, 2.45) is 0 Å². The lowest BCUT2D eigenvalue weighted by Gasteiger charge is -2.00. The van der Waals surface area contributed by atoms with Crippen molar-refractivity contribution in [2.45, 2.75) is 6.92 Å². The van der Waals surface area contributed by atoms with E-state index in [1.807, 2.05) is 6.92 Å². The molecule has 0 atom stereocenters. The van der Waals surface area contributed by atoms with Crippen molar-refractivity contribution in [3.8, 4) is 11.5 Å². The van der Waals surface area contributed by atoms with Crippen LogP contribution in [0.15, 0.2) is 16.6 Å². The quantitative estimate of drug-likeness (QED) is 0.622. The first-order valence-electron chi connectivity index (χ1n) is 3.79. The summed E-state index contributed by atoms with van der Waals surface area (Å²) in [6, 6.07) is 3.52. The van der Waals surface area contributed by atoms with Crippen molar-refractivity contribution in [1.29, 1.82) is 0 Å². The lowest BCUT2D eigenvalue weighted by Crippen LogP contribution is -1.74. The number of aromatic hydroxyl groups is 2. The number of hydrogen-bond donors (Lipinski definition) is 3. The largest absolute Gasteiger partial charge is 0.504 e. The van der Waals surface area contributed by atoms with Gasteiger partial charge < -0.3 is 15.2 Å². The first-order chi connectivity index (χ1) is 6.09. The Bertz CT molecular complexity index is 476. The van der Waals surface area contributed by atoms with Crippen LogP contribution < -0.4 is 0 Å². The van der Waals surface area contributed by atoms with E-state index >= 15 is 0 Å². The molecule has 0 radical (unpaired) electrons. The van der Waals surface area contributed by atoms with Gasteiger partial charge in [-0.05, 0) is 35.0 Å². The molecule has 0 spiro atoms. The van der Waals surface area contributed by atoms with Gasteiger partial charge in [-0.1, -0.05) is 0 Å². The fraction of sp³-hybridized carbons (Fsp3) is 0.111. The first-order valence-corrected chi connectivity index (χ1v) is 4.58. The van der Waals surface area contributed by atoms with E-state index in [-0.39, 0.29) is 11.5 Å². The van der Waals surface area contributed by atoms with Gasteiger partial charge in [-0.3, -0.25) is 0 Å². The highest BCUT2D eigenvalue weighted by atomic mass is 79.9. The molecule has 0 bridgehead atoms. The Labute approximate surface area is 83.1 Å². The van der Waals surface area contributed by atoms with Crippen molar-refractivity contribution in [3.05, 3.63) is 22.3 Å². The maximum atomic E-state index is 9.55. The van der Waals surface area contributed by atoms with E-state index < -0.39 is 0 Å². The zero-order valence-electron chi connectivity index (χ0n) is 6.93. The molecule has 0 aliphatic heterocycles. The molecule has 1 heterocycles. The van der Waals surface area contributed by atoms with Crippen molar-refractivity contribution < 1.29 is 10.2 Å². The molecule has 3 nitrogen and oxygen atoms in total. The predicted molar refractivity (Wildman–Crippen MR) is 54.1 cm³/mol. The van der Waals surface area contributed by atoms with Gasteiger partial charge in [0.2, 0.25) is 0 Å². The second kappa shape index (κ2) is 2.67. The third kappa shape index (κ3) is 1.18. The summed E-state index contributed by atoms with van der Waals surface area (Å²) in [7, 11) is 0. The SMILES string of the molecule is Cc1cc2c(O)c(O)c(Br)cc2[nH]1. The van der Waals surface area contributed by atoms with Crippen LogP contribution in [0.1, 0.15) is 5.69 Å². The lowest BCUT2D eigenvalue weighted by atomic mass is 10.2. The zero-order chi connectivity index (χ0) is 9.59. The Morgan fingerprint density at radius 3 is 2.62 bits per heavy atom. The topological polar surface area (TPSA) is 56.2 Å². The van der Waals surface area contributed by atoms with Gasteiger partial charge in [0.05, 0.1) is 9.99 Å². The summed E-state index contributed by atoms with van der Waals surface area (Å²) in [5.74, 6) is -0.208. The molecule has 0 saturated carbocycles. The van der Waals surface area contributed by atoms with Crippen molar-refractivity contribution in [2.75, 3.05) is 0 Å². The van der Waals surface area contributed by atoms with E-state index in [4.69, 9.17) is 0 Å². The van der Waals surface area contributed by atoms with Gasteiger partial charge in [-0.25, -0.2) is 0 Å². The number of benzene rings is 1. The van der Waals surface area contributed by atoms with E-state index in [0.717, 1.165) is 11.2 Å². The fourth-order valence-electron chi connectivity index (χ4n) is 1.36. The summed E-state index contributed by atoms with van der Waals surface area (Å²) in [5.41, 5.74) is 1.75. The average Bonchev–Trinajstić information content (AvgIpc) is 2.42. The summed E-state index contributed by atoms with van der Waals surface area (Å²) in [5, 5.41) is 19.6. The number of phenolic OH excluding ortho intramolecular Hbond substituents is 2. The molecular weight excluding hydrogens is 234 g/mol. The third-order valence-corrected chi connectivity index (χ3v) is 2.56. The highest BCUT2D eigenvalue weighted by Crippen LogP contribution is 2.39. The summed E-state index contributed by atoms with van der Waals surface area (Å²) < 4.78 is 0.486. The molecule has 0 unspecified atom stereocenters. The van der Waals surface area contributed by atoms with Crippen LogP contribution in [-0.2, 0) is 0 Å². The fourth-order valence-corrected chi connectivity index (χ4v) is 1.77. The number of rotatable bonds is 0. The normalized spacial score (nSPS) is 10.9. The highest BCUT2D eigenvalue weighted by molar-refractivity contribution is 9.10. The van der Waals surface area contributed by atoms with Gasteiger partial charge >= 0.3 is 0 Å². The monoisotopic (exact) mass is 241 g/mol. The van der Waals surface area contributed by atoms with Crippen molar-refractivity contribution >= 4 is 26.8 Å². The van der Waals surface area contributed by atoms with Crippen LogP contribution in [-0.4, -0.2) is 15.2 Å². The van der Waals surface area contributed by atoms with Crippen LogP contribution in [0, 0.1) is 6.92 Å². The molecule has 4 heteroatoms. The van der Waals surface area contributed by atoms with Gasteiger partial charge in [-0.2, -0.15) is 0 Å². The van der Waals surface area contributed by atoms with Crippen molar-refractivity contribution in [1.82, 2.24) is 4.98 Å². The first kappa shape index (κ1) is 8.44. The lowest BCUT2D eigenvalue weighted by molar-refractivity contribution is 0.406. The molecule has 13 heavy (non-hydrogen) atoms. The summed E-state index contributed by atoms with van der Waals surface area (Å²) in [6.07, 6.45) is 0. The summed E-state index contributed by atoms with van der Waals surface area (Å²) in [4.78, 5) is 3.07. The predicted octanol–water partition coefficient (Wildman–Crippen LogP) is 2.65. The molecular formula is C9H8BrNO2. The number of aromatic nitrogens is 1. The van der Waals surface area contributed by atoms with Crippen LogP contribution in [0.4, 0.5) is 0 Å². The van der Waals surface area contributed by atoms with Gasteiger partial charge in [-0.15, -0.1) is 0 Å². The van der Waals surface area contributed by atoms with Gasteiger partial charge in [0.1, 0.15) is 0 Å². The third-order valence-electron chi connectivity index (χ3n) is 1.96. The average molecular weight is 242 g/mol. The molecule has 0 amide bonds. The molecule has 0 aliphatic rings. The highest BCUT2D eigenvalue weighted by Gasteiger charge is 2.11. The number of fused-ring (bicyclic) bond motifs is 1. The molecule has 68 valence electrons. The van der Waals surface area contributed by atoms with E-state index in [9.17, 15) is 10.2 Å². The van der Waals surface area contributed by atoms with E-state index in [1.165, 1.54) is 0 Å². The van der Waals surface area contributed by atoms with Gasteiger partial charge in [0.15, 0.2) is 11.5 Å². The Morgan fingerprint density at radius 2 is 1.92 bits per heavy atom. The van der Waals surface area contributed by atoms with Crippen LogP contribution in [0.5, 0.6) is 11.5 Å². The minimum atomic E-state index is -0.119. The summed E-state index contributed by atoms with van der Waals surface area (Å²) in [6.45, 7) is 1.89. The Balaban J connectivity index is 2.92. The zero-order valence-corrected chi connectivity index (χ0v) is 8.51. The van der Waals surface area contributed by atoms with E-state index in [2.05, 4.69) is 20.9 Å². The summed E-state index contributed by atoms with van der Waals surface area (Å²) >= 11 is 3.15. The smallest absolute Gasteiger partial charge is 0.172 e. The molecule has 2 rings (SSSR count). The Kier molecular flexibility index (Phi) is 1.73. The molecule has 1 aromatic heterocycles. The van der Waals surface area contributed by atoms with Crippen LogP contribution in [0.25, 0.3) is 10.9 Å². The Morgan fingerprint density at radius 1 is 1.23 bits per heavy atom. The molecule has 1 aromatic carbocycles. The van der Waals surface area contributed by atoms with Crippen LogP contribution >= 0.6 is 15.9 Å². The standard InChI is InChI=1S/C9H8BrNO2/c1-4-2-5-7(11-4)3-6(10)9(13)8(5)12/h2-3,11-13H,1H3. The number of H-pyrrole nitrogens is 1. The molecule has 3 N–H and O–H groups in total.